The first-order valence-electron chi connectivity index (χ1n) is 6.97. The number of aromatic nitrogens is 1. The summed E-state index contributed by atoms with van der Waals surface area (Å²) in [6, 6.07) is 15.8. The number of rotatable bonds is 0. The molecule has 2 aromatic heterocycles. The highest BCUT2D eigenvalue weighted by atomic mass is 32.1. The normalized spacial score (nSPS) is 12.0. The van der Waals surface area contributed by atoms with Crippen LogP contribution in [0.25, 0.3) is 41.7 Å². The maximum absolute atomic E-state index is 12.1. The first kappa shape index (κ1) is 11.9. The summed E-state index contributed by atoms with van der Waals surface area (Å²) in [5.41, 5.74) is -0.630. The molecule has 0 atom stereocenters. The van der Waals surface area contributed by atoms with Crippen molar-refractivity contribution in [3.8, 4) is 0 Å². The highest BCUT2D eigenvalue weighted by Gasteiger charge is 2.14. The van der Waals surface area contributed by atoms with Crippen molar-refractivity contribution < 1.29 is 0 Å². The van der Waals surface area contributed by atoms with Crippen molar-refractivity contribution in [2.45, 2.75) is 0 Å². The Bertz CT molecular complexity index is 1280. The van der Waals surface area contributed by atoms with E-state index >= 15 is 0 Å². The number of H-pyrrole nitrogens is 1. The first-order chi connectivity index (χ1) is 10.7. The van der Waals surface area contributed by atoms with Gasteiger partial charge in [0.05, 0.1) is 0 Å². The van der Waals surface area contributed by atoms with Crippen molar-refractivity contribution >= 4 is 53.1 Å². The number of hydrogen-bond donors (Lipinski definition) is 1. The van der Waals surface area contributed by atoms with Crippen LogP contribution in [0, 0.1) is 0 Å². The van der Waals surface area contributed by atoms with Gasteiger partial charge in [-0.05, 0) is 35.0 Å². The van der Waals surface area contributed by atoms with Crippen LogP contribution < -0.4 is 11.1 Å². The average Bonchev–Trinajstić information content (AvgIpc) is 2.54. The third-order valence-electron chi connectivity index (χ3n) is 4.24. The summed E-state index contributed by atoms with van der Waals surface area (Å²) in [5, 5.41) is 5.20. The van der Waals surface area contributed by atoms with Crippen LogP contribution in [0.5, 0.6) is 0 Å². The second-order valence-electron chi connectivity index (χ2n) is 5.40. The summed E-state index contributed by atoms with van der Waals surface area (Å²) in [6.07, 6.45) is 0. The molecular weight excluding hydrogens is 294 g/mol. The monoisotopic (exact) mass is 303 g/mol. The molecule has 0 radical (unpaired) electrons. The summed E-state index contributed by atoms with van der Waals surface area (Å²) in [7, 11) is 0. The van der Waals surface area contributed by atoms with Gasteiger partial charge < -0.3 is 0 Å². The molecule has 0 spiro atoms. The lowest BCUT2D eigenvalue weighted by Gasteiger charge is -2.11. The molecule has 0 fully saturated rings. The largest absolute Gasteiger partial charge is 0.288 e. The number of aromatic amines is 1. The summed E-state index contributed by atoms with van der Waals surface area (Å²) in [4.78, 5) is 26.6. The van der Waals surface area contributed by atoms with E-state index in [-0.39, 0.29) is 11.1 Å². The molecule has 0 saturated carbocycles. The van der Waals surface area contributed by atoms with Crippen molar-refractivity contribution in [2.75, 3.05) is 0 Å². The molecule has 0 saturated heterocycles. The van der Waals surface area contributed by atoms with Crippen LogP contribution in [0.4, 0.5) is 0 Å². The fourth-order valence-corrected chi connectivity index (χ4v) is 4.41. The minimum Gasteiger partial charge on any atom is -0.288 e. The average molecular weight is 303 g/mol. The maximum Gasteiger partial charge on any atom is 0.258 e. The third kappa shape index (κ3) is 1.35. The molecule has 0 bridgehead atoms. The Balaban J connectivity index is 2.27. The summed E-state index contributed by atoms with van der Waals surface area (Å²) in [6.45, 7) is 0. The zero-order valence-electron chi connectivity index (χ0n) is 11.3. The zero-order chi connectivity index (χ0) is 14.8. The quantitative estimate of drug-likeness (QED) is 0.349. The molecule has 0 aliphatic heterocycles. The summed E-state index contributed by atoms with van der Waals surface area (Å²) < 4.78 is 2.29. The van der Waals surface area contributed by atoms with E-state index in [0.717, 1.165) is 26.2 Å². The molecule has 3 aromatic carbocycles. The van der Waals surface area contributed by atoms with E-state index in [1.807, 2.05) is 36.4 Å². The summed E-state index contributed by atoms with van der Waals surface area (Å²) >= 11 is 1.69. The fourth-order valence-electron chi connectivity index (χ4n) is 3.29. The van der Waals surface area contributed by atoms with Crippen LogP contribution in [0.2, 0.25) is 0 Å². The van der Waals surface area contributed by atoms with Gasteiger partial charge in [-0.15, -0.1) is 11.3 Å². The fraction of sp³-hybridized carbons (Fsp3) is 0. The highest BCUT2D eigenvalue weighted by molar-refractivity contribution is 7.25. The van der Waals surface area contributed by atoms with Gasteiger partial charge in [0, 0.05) is 30.9 Å². The Hall–Kier alpha value is -2.72. The molecule has 5 rings (SSSR count). The van der Waals surface area contributed by atoms with Crippen molar-refractivity contribution in [1.82, 2.24) is 4.98 Å². The van der Waals surface area contributed by atoms with E-state index in [2.05, 4.69) is 17.1 Å². The third-order valence-corrected chi connectivity index (χ3v) is 5.37. The second-order valence-corrected chi connectivity index (χ2v) is 6.49. The molecule has 1 N–H and O–H groups in total. The zero-order valence-corrected chi connectivity index (χ0v) is 12.2. The molecule has 22 heavy (non-hydrogen) atoms. The van der Waals surface area contributed by atoms with Gasteiger partial charge in [-0.2, -0.15) is 0 Å². The highest BCUT2D eigenvalue weighted by Crippen LogP contribution is 2.39. The molecule has 0 unspecified atom stereocenters. The van der Waals surface area contributed by atoms with Crippen LogP contribution in [-0.4, -0.2) is 4.98 Å². The number of pyridine rings is 1. The SMILES string of the molecule is O=c1[nH]c(=O)c2ccc3c4ccccc4sc4ccc1c2c43. The predicted octanol–water partition coefficient (Wildman–Crippen LogP) is 3.85. The summed E-state index contributed by atoms with van der Waals surface area (Å²) in [5.74, 6) is 0. The maximum atomic E-state index is 12.1. The number of benzene rings is 3. The van der Waals surface area contributed by atoms with Gasteiger partial charge in [0.2, 0.25) is 0 Å². The van der Waals surface area contributed by atoms with Crippen molar-refractivity contribution in [1.29, 1.82) is 0 Å². The Kier molecular flexibility index (Phi) is 2.12. The first-order valence-corrected chi connectivity index (χ1v) is 7.78. The molecular formula is C18H9NO2S. The Morgan fingerprint density at radius 1 is 0.636 bits per heavy atom. The van der Waals surface area contributed by atoms with Gasteiger partial charge in [0.15, 0.2) is 0 Å². The second kappa shape index (κ2) is 3.93. The van der Waals surface area contributed by atoms with E-state index in [4.69, 9.17) is 0 Å². The molecule has 0 amide bonds. The standard InChI is InChI=1S/C18H9NO2S/c20-17-11-6-5-10-9-3-1-2-4-13(9)22-14-8-7-12(18(21)19-17)15(11)16(10)14/h1-8H,(H,19,20,21). The van der Waals surface area contributed by atoms with Gasteiger partial charge >= 0.3 is 0 Å². The molecule has 3 nitrogen and oxygen atoms in total. The molecule has 5 aromatic rings. The van der Waals surface area contributed by atoms with Gasteiger partial charge in [0.25, 0.3) is 11.1 Å². The van der Waals surface area contributed by atoms with E-state index in [0.29, 0.717) is 10.8 Å². The topological polar surface area (TPSA) is 49.9 Å². The molecule has 0 aliphatic carbocycles. The lowest BCUT2D eigenvalue weighted by molar-refractivity contribution is 1.22. The minimum absolute atomic E-state index is 0.315. The lowest BCUT2D eigenvalue weighted by atomic mass is 9.98. The number of nitrogens with one attached hydrogen (secondary N) is 1. The Labute approximate surface area is 127 Å². The van der Waals surface area contributed by atoms with Crippen molar-refractivity contribution in [2.24, 2.45) is 0 Å². The molecule has 4 heteroatoms. The van der Waals surface area contributed by atoms with Gasteiger partial charge in [0.1, 0.15) is 0 Å². The predicted molar refractivity (Wildman–Crippen MR) is 92.4 cm³/mol. The Morgan fingerprint density at radius 2 is 1.32 bits per heavy atom. The lowest BCUT2D eigenvalue weighted by Crippen LogP contribution is -2.19. The van der Waals surface area contributed by atoms with Crippen LogP contribution in [-0.2, 0) is 0 Å². The van der Waals surface area contributed by atoms with Gasteiger partial charge in [-0.25, -0.2) is 0 Å². The van der Waals surface area contributed by atoms with E-state index in [1.54, 1.807) is 11.3 Å². The Morgan fingerprint density at radius 3 is 2.14 bits per heavy atom. The van der Waals surface area contributed by atoms with Gasteiger partial charge in [-0.1, -0.05) is 24.3 Å². The van der Waals surface area contributed by atoms with Gasteiger partial charge in [-0.3, -0.25) is 14.6 Å². The van der Waals surface area contributed by atoms with E-state index in [9.17, 15) is 9.59 Å². The molecule has 104 valence electrons. The number of hydrogen-bond acceptors (Lipinski definition) is 3. The van der Waals surface area contributed by atoms with Crippen molar-refractivity contribution in [3.63, 3.8) is 0 Å². The van der Waals surface area contributed by atoms with E-state index < -0.39 is 0 Å². The smallest absolute Gasteiger partial charge is 0.258 e. The van der Waals surface area contributed by atoms with Crippen LogP contribution >= 0.6 is 11.3 Å². The van der Waals surface area contributed by atoms with E-state index in [1.165, 1.54) is 4.70 Å². The number of fused-ring (bicyclic) bond motifs is 2. The van der Waals surface area contributed by atoms with Crippen LogP contribution in [0.15, 0.2) is 58.1 Å². The van der Waals surface area contributed by atoms with Crippen LogP contribution in [0.1, 0.15) is 0 Å². The molecule has 0 aliphatic rings. The minimum atomic E-state index is -0.315. The molecule has 2 heterocycles. The van der Waals surface area contributed by atoms with Crippen molar-refractivity contribution in [3.05, 3.63) is 69.2 Å². The van der Waals surface area contributed by atoms with Crippen LogP contribution in [0.3, 0.4) is 0 Å².